The third kappa shape index (κ3) is 15.3. The number of rotatable bonds is 13. The van der Waals surface area contributed by atoms with Crippen molar-refractivity contribution in [2.45, 2.75) is 130 Å². The first-order chi connectivity index (χ1) is 13.8. The molecular weight excluding hydrogens is 489 g/mol. The Bertz CT molecular complexity index is 596. The molecule has 0 unspecified atom stereocenters. The van der Waals surface area contributed by atoms with Crippen LogP contribution in [0.3, 0.4) is 0 Å². The molecule has 0 aliphatic carbocycles. The van der Waals surface area contributed by atoms with E-state index in [4.69, 9.17) is 22.1 Å². The lowest BCUT2D eigenvalue weighted by Gasteiger charge is -2.44. The second kappa shape index (κ2) is 11.4. The number of hydrogen-bond donors (Lipinski definition) is 0. The van der Waals surface area contributed by atoms with Gasteiger partial charge in [0.1, 0.15) is 6.10 Å². The van der Waals surface area contributed by atoms with Crippen LogP contribution in [0.15, 0.2) is 0 Å². The average molecular weight is 541 g/mol. The highest BCUT2D eigenvalue weighted by atomic mass is 28.4. The lowest BCUT2D eigenvalue weighted by molar-refractivity contribution is -0.154. The smallest absolute Gasteiger partial charge is 0.323 e. The van der Waals surface area contributed by atoms with Gasteiger partial charge in [-0.1, -0.05) is 0 Å². The van der Waals surface area contributed by atoms with Crippen molar-refractivity contribution in [3.8, 4) is 0 Å². The fourth-order valence-electron chi connectivity index (χ4n) is 3.16. The van der Waals surface area contributed by atoms with Gasteiger partial charge in [0.05, 0.1) is 12.2 Å². The first-order valence-corrected chi connectivity index (χ1v) is 28.8. The molecule has 32 heavy (non-hydrogen) atoms. The van der Waals surface area contributed by atoms with Crippen molar-refractivity contribution < 1.29 is 26.9 Å². The second-order valence-electron chi connectivity index (χ2n) is 13.5. The molecule has 0 bridgehead atoms. The lowest BCUT2D eigenvalue weighted by atomic mass is 10.0. The fraction of sp³-hybridized carbons (Fsp3) is 0.952. The highest BCUT2D eigenvalue weighted by Crippen LogP contribution is 2.28. The van der Waals surface area contributed by atoms with E-state index >= 15 is 0 Å². The van der Waals surface area contributed by atoms with Crippen LogP contribution in [-0.4, -0.2) is 72.0 Å². The molecule has 0 rings (SSSR count). The van der Waals surface area contributed by atoms with Gasteiger partial charge >= 0.3 is 5.97 Å². The highest BCUT2D eigenvalue weighted by molar-refractivity contribution is 6.72. The molecule has 192 valence electrons. The zero-order valence-electron chi connectivity index (χ0n) is 23.8. The Kier molecular flexibility index (Phi) is 11.6. The average Bonchev–Trinajstić information content (AvgIpc) is 2.41. The first kappa shape index (κ1) is 32.4. The molecule has 0 aromatic carbocycles. The summed E-state index contributed by atoms with van der Waals surface area (Å²) in [6, 6.07) is 0. The van der Waals surface area contributed by atoms with E-state index in [1.807, 2.05) is 26.6 Å². The van der Waals surface area contributed by atoms with Crippen molar-refractivity contribution in [2.24, 2.45) is 0 Å². The van der Waals surface area contributed by atoms with Crippen molar-refractivity contribution in [3.05, 3.63) is 0 Å². The van der Waals surface area contributed by atoms with Crippen LogP contribution in [0.1, 0.15) is 6.92 Å². The van der Waals surface area contributed by atoms with E-state index in [0.717, 1.165) is 0 Å². The summed E-state index contributed by atoms with van der Waals surface area (Å²) in [7, 11) is -10.2. The van der Waals surface area contributed by atoms with Crippen LogP contribution in [0.4, 0.5) is 0 Å². The molecule has 0 fully saturated rings. The maximum Gasteiger partial charge on any atom is 0.323 e. The van der Waals surface area contributed by atoms with Crippen LogP contribution < -0.4 is 0 Å². The Balaban J connectivity index is 6.58. The topological polar surface area (TPSA) is 63.2 Å². The van der Waals surface area contributed by atoms with Crippen molar-refractivity contribution in [2.75, 3.05) is 0 Å². The molecule has 0 aliphatic rings. The third-order valence-corrected chi connectivity index (χ3v) is 8.54. The molecule has 0 N–H and O–H groups in total. The van der Waals surface area contributed by atoms with Crippen LogP contribution in [0.5, 0.6) is 0 Å². The summed E-state index contributed by atoms with van der Waals surface area (Å²) in [5.41, 5.74) is 0. The normalized spacial score (nSPS) is 18.1. The van der Waals surface area contributed by atoms with E-state index in [9.17, 15) is 4.79 Å². The number of carbonyl (C=O) groups excluding carboxylic acids is 1. The maximum atomic E-state index is 13.5. The summed E-state index contributed by atoms with van der Waals surface area (Å²) < 4.78 is 32.4. The molecule has 0 aliphatic heterocycles. The van der Waals surface area contributed by atoms with E-state index in [2.05, 4.69) is 78.6 Å². The van der Waals surface area contributed by atoms with E-state index in [1.165, 1.54) is 0 Å². The van der Waals surface area contributed by atoms with Crippen molar-refractivity contribution in [1.29, 1.82) is 0 Å². The van der Waals surface area contributed by atoms with Gasteiger partial charge in [-0.2, -0.15) is 0 Å². The number of hydrogen-bond acceptors (Lipinski definition) is 6. The van der Waals surface area contributed by atoms with Crippen molar-refractivity contribution >= 4 is 47.6 Å². The molecule has 0 heterocycles. The van der Waals surface area contributed by atoms with Gasteiger partial charge in [0, 0.05) is 0 Å². The molecule has 0 aromatic heterocycles. The SMILES string of the molecule is C[C@H](O[Si](C)(C)C)[C@@H](O[Si](C)(C)C)[C@@H](O[Si](C)(C)C)[C@H](O[Si](C)(C)C)C(=O)O[Si](C)(C)C. The minimum atomic E-state index is -2.12. The minimum Gasteiger partial charge on any atom is -0.518 e. The minimum absolute atomic E-state index is 0.234. The molecule has 4 atom stereocenters. The summed E-state index contributed by atoms with van der Waals surface area (Å²) >= 11 is 0. The van der Waals surface area contributed by atoms with Crippen LogP contribution in [0, 0.1) is 0 Å². The monoisotopic (exact) mass is 540 g/mol. The van der Waals surface area contributed by atoms with E-state index < -0.39 is 59.9 Å². The lowest BCUT2D eigenvalue weighted by Crippen LogP contribution is -2.60. The number of carbonyl (C=O) groups is 1. The second-order valence-corrected chi connectivity index (χ2v) is 35.8. The summed E-state index contributed by atoms with van der Waals surface area (Å²) in [5.74, 6) is -0.334. The van der Waals surface area contributed by atoms with Crippen LogP contribution in [0.25, 0.3) is 0 Å². The Morgan fingerprint density at radius 2 is 0.844 bits per heavy atom. The molecule has 11 heteroatoms. The molecule has 0 saturated carbocycles. The molecule has 0 amide bonds. The van der Waals surface area contributed by atoms with Crippen molar-refractivity contribution in [3.63, 3.8) is 0 Å². The fourth-order valence-corrected chi connectivity index (χ4v) is 8.34. The molecule has 6 nitrogen and oxygen atoms in total. The van der Waals surface area contributed by atoms with Gasteiger partial charge in [0.2, 0.25) is 8.32 Å². The van der Waals surface area contributed by atoms with Gasteiger partial charge in [-0.05, 0) is 105 Å². The molecule has 0 radical (unpaired) electrons. The summed E-state index contributed by atoms with van der Waals surface area (Å²) in [4.78, 5) is 13.5. The molecule has 0 aromatic rings. The first-order valence-electron chi connectivity index (χ1n) is 11.7. The quantitative estimate of drug-likeness (QED) is 0.257. The largest absolute Gasteiger partial charge is 0.518 e. The third-order valence-electron chi connectivity index (χ3n) is 3.72. The van der Waals surface area contributed by atoms with E-state index in [0.29, 0.717) is 0 Å². The molecular formula is C21H52O6Si5. The van der Waals surface area contributed by atoms with Gasteiger partial charge in [0.25, 0.3) is 0 Å². The Morgan fingerprint density at radius 3 is 1.16 bits per heavy atom. The van der Waals surface area contributed by atoms with Crippen molar-refractivity contribution in [1.82, 2.24) is 0 Å². The molecule has 0 saturated heterocycles. The van der Waals surface area contributed by atoms with Gasteiger partial charge in [-0.3, -0.25) is 4.79 Å². The standard InChI is InChI=1S/C21H52O6Si5/c1-17(23-28(2,3)4)18(24-29(5,6)7)19(25-30(8,9)10)20(26-31(11,12)13)21(22)27-32(14,15)16/h17-20H,1-16H3/t17-,18+,19+,20-/m0/s1. The van der Waals surface area contributed by atoms with Gasteiger partial charge in [0.15, 0.2) is 39.4 Å². The Morgan fingerprint density at radius 1 is 0.500 bits per heavy atom. The zero-order valence-corrected chi connectivity index (χ0v) is 28.8. The van der Waals surface area contributed by atoms with Gasteiger partial charge in [-0.25, -0.2) is 0 Å². The Hall–Kier alpha value is 0.394. The van der Waals surface area contributed by atoms with E-state index in [-0.39, 0.29) is 12.1 Å². The highest BCUT2D eigenvalue weighted by Gasteiger charge is 2.47. The predicted octanol–water partition coefficient (Wildman–Crippen LogP) is 6.26. The van der Waals surface area contributed by atoms with Gasteiger partial charge < -0.3 is 22.1 Å². The molecule has 0 spiro atoms. The Labute approximate surface area is 203 Å². The summed E-state index contributed by atoms with van der Waals surface area (Å²) in [5, 5.41) is 0. The van der Waals surface area contributed by atoms with Crippen LogP contribution in [-0.2, 0) is 26.9 Å². The van der Waals surface area contributed by atoms with Gasteiger partial charge in [-0.15, -0.1) is 0 Å². The van der Waals surface area contributed by atoms with E-state index in [1.54, 1.807) is 0 Å². The maximum absolute atomic E-state index is 13.5. The summed E-state index contributed by atoms with van der Waals surface area (Å²) in [6.07, 6.45) is -2.08. The zero-order chi connectivity index (χ0) is 25.9. The van der Waals surface area contributed by atoms with Crippen LogP contribution in [0.2, 0.25) is 98.2 Å². The van der Waals surface area contributed by atoms with Crippen LogP contribution >= 0.6 is 0 Å². The predicted molar refractivity (Wildman–Crippen MR) is 148 cm³/mol. The summed E-state index contributed by atoms with van der Waals surface area (Å²) in [6.45, 7) is 33.7.